The molecule has 6 nitrogen and oxygen atoms in total. The van der Waals surface area contributed by atoms with E-state index in [0.29, 0.717) is 19.8 Å². The molecule has 5 rings (SSSR count). The highest BCUT2D eigenvalue weighted by Crippen LogP contribution is 2.42. The van der Waals surface area contributed by atoms with Gasteiger partial charge in [-0.15, -0.1) is 0 Å². The van der Waals surface area contributed by atoms with Gasteiger partial charge in [0.1, 0.15) is 0 Å². The van der Waals surface area contributed by atoms with Crippen LogP contribution in [0.25, 0.3) is 0 Å². The number of aliphatic hydroxyl groups is 1. The van der Waals surface area contributed by atoms with Gasteiger partial charge in [0.2, 0.25) is 5.91 Å². The molecule has 3 fully saturated rings. The fourth-order valence-corrected chi connectivity index (χ4v) is 5.67. The SMILES string of the molecule is O=C(CN1CCOCC1)N1CCCCN2[C@H](CO)[C@@H](c3ccc(C#Cc4ccccc4)cc3)[C@H]2C1. The summed E-state index contributed by atoms with van der Waals surface area (Å²) in [5.41, 5.74) is 3.20. The van der Waals surface area contributed by atoms with Crippen molar-refractivity contribution in [3.05, 3.63) is 71.3 Å². The zero-order chi connectivity index (χ0) is 24.0. The first-order chi connectivity index (χ1) is 17.2. The van der Waals surface area contributed by atoms with Crippen LogP contribution in [0.4, 0.5) is 0 Å². The molecule has 2 aromatic carbocycles. The summed E-state index contributed by atoms with van der Waals surface area (Å²) in [5, 5.41) is 10.2. The maximum absolute atomic E-state index is 13.2. The van der Waals surface area contributed by atoms with Gasteiger partial charge >= 0.3 is 0 Å². The topological polar surface area (TPSA) is 56.2 Å². The molecule has 35 heavy (non-hydrogen) atoms. The number of carbonyl (C=O) groups is 1. The van der Waals surface area contributed by atoms with Crippen LogP contribution in [0, 0.1) is 11.8 Å². The molecule has 2 aromatic rings. The van der Waals surface area contributed by atoms with Gasteiger partial charge in [-0.25, -0.2) is 0 Å². The van der Waals surface area contributed by atoms with Crippen LogP contribution >= 0.6 is 0 Å². The Bertz CT molecular complexity index is 1040. The molecule has 0 radical (unpaired) electrons. The minimum absolute atomic E-state index is 0.107. The lowest BCUT2D eigenvalue weighted by Gasteiger charge is -2.57. The third kappa shape index (κ3) is 5.60. The lowest BCUT2D eigenvalue weighted by atomic mass is 9.74. The monoisotopic (exact) mass is 473 g/mol. The number of amides is 1. The zero-order valence-corrected chi connectivity index (χ0v) is 20.3. The average Bonchev–Trinajstić information content (AvgIpc) is 2.88. The third-order valence-electron chi connectivity index (χ3n) is 7.61. The van der Waals surface area contributed by atoms with E-state index in [0.717, 1.165) is 56.7 Å². The van der Waals surface area contributed by atoms with Crippen molar-refractivity contribution in [2.75, 3.05) is 59.1 Å². The lowest BCUT2D eigenvalue weighted by Crippen LogP contribution is -2.68. The Morgan fingerprint density at radius 1 is 0.914 bits per heavy atom. The van der Waals surface area contributed by atoms with Gasteiger partial charge in [0.15, 0.2) is 0 Å². The molecule has 0 aromatic heterocycles. The van der Waals surface area contributed by atoms with E-state index in [9.17, 15) is 9.90 Å². The summed E-state index contributed by atoms with van der Waals surface area (Å²) in [6, 6.07) is 18.8. The molecule has 1 amide bonds. The van der Waals surface area contributed by atoms with Crippen LogP contribution in [-0.2, 0) is 9.53 Å². The Hall–Kier alpha value is -2.69. The van der Waals surface area contributed by atoms with Gasteiger partial charge in [-0.1, -0.05) is 42.2 Å². The van der Waals surface area contributed by atoms with Crippen LogP contribution < -0.4 is 0 Å². The van der Waals surface area contributed by atoms with Gasteiger partial charge in [0.25, 0.3) is 0 Å². The molecule has 1 N–H and O–H groups in total. The molecule has 0 saturated carbocycles. The second kappa shape index (κ2) is 11.4. The molecule has 3 aliphatic rings. The molecule has 3 aliphatic heterocycles. The summed E-state index contributed by atoms with van der Waals surface area (Å²) in [4.78, 5) is 19.9. The third-order valence-corrected chi connectivity index (χ3v) is 7.61. The number of fused-ring (bicyclic) bond motifs is 1. The number of aliphatic hydroxyl groups excluding tert-OH is 1. The Morgan fingerprint density at radius 3 is 2.31 bits per heavy atom. The molecule has 6 heteroatoms. The highest BCUT2D eigenvalue weighted by atomic mass is 16.5. The van der Waals surface area contributed by atoms with Crippen molar-refractivity contribution in [1.29, 1.82) is 0 Å². The maximum Gasteiger partial charge on any atom is 0.236 e. The number of morpholine rings is 1. The van der Waals surface area contributed by atoms with Crippen LogP contribution in [0.3, 0.4) is 0 Å². The summed E-state index contributed by atoms with van der Waals surface area (Å²) in [7, 11) is 0. The predicted octanol–water partition coefficient (Wildman–Crippen LogP) is 2.17. The standard InChI is InChI=1S/C29H35N3O3/c33-22-27-29(25-12-10-24(11-13-25)9-8-23-6-2-1-3-7-23)26-20-31(14-4-5-15-32(26)27)28(34)21-30-16-18-35-19-17-30/h1-3,6-7,10-13,26-27,29,33H,4-5,14-22H2/t26-,27-,29+/m1/s1. The van der Waals surface area contributed by atoms with Crippen LogP contribution in [0.5, 0.6) is 0 Å². The van der Waals surface area contributed by atoms with E-state index in [4.69, 9.17) is 4.74 Å². The summed E-state index contributed by atoms with van der Waals surface area (Å²) < 4.78 is 5.43. The van der Waals surface area contributed by atoms with E-state index in [2.05, 4.69) is 50.8 Å². The lowest BCUT2D eigenvalue weighted by molar-refractivity contribution is -0.138. The molecule has 0 spiro atoms. The molecule has 3 heterocycles. The Morgan fingerprint density at radius 2 is 1.60 bits per heavy atom. The normalized spacial score (nSPS) is 25.4. The van der Waals surface area contributed by atoms with Crippen LogP contribution in [-0.4, -0.2) is 96.9 Å². The quantitative estimate of drug-likeness (QED) is 0.690. The number of rotatable bonds is 4. The van der Waals surface area contributed by atoms with Crippen LogP contribution in [0.1, 0.15) is 35.4 Å². The van der Waals surface area contributed by atoms with Crippen molar-refractivity contribution >= 4 is 5.91 Å². The van der Waals surface area contributed by atoms with E-state index in [1.54, 1.807) is 0 Å². The number of hydrogen-bond donors (Lipinski definition) is 1. The fourth-order valence-electron chi connectivity index (χ4n) is 5.67. The molecular formula is C29H35N3O3. The number of nitrogens with zero attached hydrogens (tertiary/aromatic N) is 3. The minimum Gasteiger partial charge on any atom is -0.395 e. The average molecular weight is 474 g/mol. The van der Waals surface area contributed by atoms with Crippen molar-refractivity contribution in [3.8, 4) is 11.8 Å². The Balaban J connectivity index is 1.29. The second-order valence-corrected chi connectivity index (χ2v) is 9.75. The summed E-state index contributed by atoms with van der Waals surface area (Å²) in [6.45, 7) is 6.19. The van der Waals surface area contributed by atoms with E-state index in [1.807, 2.05) is 30.3 Å². The highest BCUT2D eigenvalue weighted by molar-refractivity contribution is 5.78. The predicted molar refractivity (Wildman–Crippen MR) is 136 cm³/mol. The number of hydrogen-bond acceptors (Lipinski definition) is 5. The molecule has 0 bridgehead atoms. The first kappa shape index (κ1) is 24.0. The first-order valence-corrected chi connectivity index (χ1v) is 12.8. The van der Waals surface area contributed by atoms with Gasteiger partial charge in [0.05, 0.1) is 26.4 Å². The first-order valence-electron chi connectivity index (χ1n) is 12.8. The van der Waals surface area contributed by atoms with Crippen molar-refractivity contribution in [2.24, 2.45) is 0 Å². The van der Waals surface area contributed by atoms with Gasteiger partial charge in [0, 0.05) is 55.3 Å². The molecule has 0 aliphatic carbocycles. The Labute approximate surface area is 208 Å². The smallest absolute Gasteiger partial charge is 0.236 e. The van der Waals surface area contributed by atoms with E-state index >= 15 is 0 Å². The molecule has 3 atom stereocenters. The molecule has 0 unspecified atom stereocenters. The highest BCUT2D eigenvalue weighted by Gasteiger charge is 2.49. The molecule has 3 saturated heterocycles. The van der Waals surface area contributed by atoms with Crippen molar-refractivity contribution in [2.45, 2.75) is 30.8 Å². The Kier molecular flexibility index (Phi) is 7.80. The fraction of sp³-hybridized carbons (Fsp3) is 0.483. The van der Waals surface area contributed by atoms with Crippen molar-refractivity contribution < 1.29 is 14.6 Å². The summed E-state index contributed by atoms with van der Waals surface area (Å²) in [5.74, 6) is 6.89. The number of ether oxygens (including phenoxy) is 1. The molecular weight excluding hydrogens is 438 g/mol. The van der Waals surface area contributed by atoms with Gasteiger partial charge in [-0.2, -0.15) is 0 Å². The second-order valence-electron chi connectivity index (χ2n) is 9.75. The molecule has 184 valence electrons. The van der Waals surface area contributed by atoms with Gasteiger partial charge in [-0.3, -0.25) is 14.6 Å². The van der Waals surface area contributed by atoms with Gasteiger partial charge < -0.3 is 14.7 Å². The summed E-state index contributed by atoms with van der Waals surface area (Å²) in [6.07, 6.45) is 2.06. The van der Waals surface area contributed by atoms with E-state index in [-0.39, 0.29) is 30.5 Å². The number of carbonyl (C=O) groups excluding carboxylic acids is 1. The van der Waals surface area contributed by atoms with Crippen LogP contribution in [0.2, 0.25) is 0 Å². The summed E-state index contributed by atoms with van der Waals surface area (Å²) >= 11 is 0. The largest absolute Gasteiger partial charge is 0.395 e. The van der Waals surface area contributed by atoms with E-state index < -0.39 is 0 Å². The minimum atomic E-state index is 0.107. The zero-order valence-electron chi connectivity index (χ0n) is 20.3. The van der Waals surface area contributed by atoms with Gasteiger partial charge in [-0.05, 0) is 49.2 Å². The maximum atomic E-state index is 13.2. The van der Waals surface area contributed by atoms with Crippen molar-refractivity contribution in [3.63, 3.8) is 0 Å². The van der Waals surface area contributed by atoms with Crippen LogP contribution in [0.15, 0.2) is 54.6 Å². The number of benzene rings is 2. The van der Waals surface area contributed by atoms with Crippen molar-refractivity contribution in [1.82, 2.24) is 14.7 Å². The van der Waals surface area contributed by atoms with E-state index in [1.165, 1.54) is 5.56 Å².